The normalized spacial score (nSPS) is 13.7. The maximum Gasteiger partial charge on any atom is 0.408 e. The van der Waals surface area contributed by atoms with Crippen molar-refractivity contribution in [2.24, 2.45) is 0 Å². The number of aromatic nitrogens is 2. The van der Waals surface area contributed by atoms with Crippen LogP contribution in [0.5, 0.6) is 0 Å². The van der Waals surface area contributed by atoms with Crippen LogP contribution in [0.25, 0.3) is 0 Å². The van der Waals surface area contributed by atoms with Crippen LogP contribution < -0.4 is 16.0 Å². The fourth-order valence-corrected chi connectivity index (χ4v) is 3.31. The summed E-state index contributed by atoms with van der Waals surface area (Å²) in [5, 5.41) is 16.8. The van der Waals surface area contributed by atoms with Crippen molar-refractivity contribution in [1.82, 2.24) is 30.4 Å². The zero-order chi connectivity index (χ0) is 26.6. The number of aliphatic carboxylic acids is 1. The van der Waals surface area contributed by atoms with Gasteiger partial charge in [0, 0.05) is 32.0 Å². The molecule has 0 bridgehead atoms. The standard InChI is InChI=1S/C23H27N7O7/c31-18(27-12-17(20(33)34)28-22(35)37-15-16-6-2-1-3-7-16)13-30-19(32)14-29(23(30)36)11-5-10-26-21-24-8-4-9-25-21/h1-4,6-9,17H,5,10-15H2,(H,27,31)(H,28,35)(H,33,34)(H,24,25,26). The molecular weight excluding hydrogens is 486 g/mol. The number of alkyl carbamates (subject to hydrolysis) is 1. The number of carboxylic acid groups (broad SMARTS) is 1. The summed E-state index contributed by atoms with van der Waals surface area (Å²) in [5.74, 6) is -2.25. The summed E-state index contributed by atoms with van der Waals surface area (Å²) in [7, 11) is 0. The minimum absolute atomic E-state index is 0.0584. The van der Waals surface area contributed by atoms with E-state index in [4.69, 9.17) is 4.74 Å². The van der Waals surface area contributed by atoms with E-state index in [9.17, 15) is 29.1 Å². The minimum atomic E-state index is -1.48. The number of rotatable bonds is 13. The Bertz CT molecular complexity index is 1100. The van der Waals surface area contributed by atoms with E-state index in [1.807, 2.05) is 0 Å². The van der Waals surface area contributed by atoms with Crippen molar-refractivity contribution in [2.45, 2.75) is 19.1 Å². The Labute approximate surface area is 212 Å². The van der Waals surface area contributed by atoms with Crippen molar-refractivity contribution in [3.8, 4) is 0 Å². The highest BCUT2D eigenvalue weighted by molar-refractivity contribution is 6.04. The van der Waals surface area contributed by atoms with Gasteiger partial charge in [-0.2, -0.15) is 0 Å². The van der Waals surface area contributed by atoms with Crippen LogP contribution in [0.15, 0.2) is 48.8 Å². The smallest absolute Gasteiger partial charge is 0.408 e. The number of hydrogen-bond acceptors (Lipinski definition) is 9. The molecule has 1 aromatic carbocycles. The third-order valence-corrected chi connectivity index (χ3v) is 5.19. The summed E-state index contributed by atoms with van der Waals surface area (Å²) >= 11 is 0. The van der Waals surface area contributed by atoms with Crippen LogP contribution in [-0.4, -0.2) is 93.5 Å². The van der Waals surface area contributed by atoms with Crippen molar-refractivity contribution < 1.29 is 33.8 Å². The number of urea groups is 1. The van der Waals surface area contributed by atoms with E-state index >= 15 is 0 Å². The van der Waals surface area contributed by atoms with E-state index in [1.54, 1.807) is 48.8 Å². The van der Waals surface area contributed by atoms with Crippen LogP contribution in [-0.2, 0) is 25.7 Å². The Morgan fingerprint density at radius 3 is 2.51 bits per heavy atom. The second kappa shape index (κ2) is 13.4. The summed E-state index contributed by atoms with van der Waals surface area (Å²) in [6.07, 6.45) is 2.73. The van der Waals surface area contributed by atoms with Gasteiger partial charge in [-0.25, -0.2) is 24.4 Å². The summed E-state index contributed by atoms with van der Waals surface area (Å²) in [5.41, 5.74) is 0.716. The zero-order valence-corrected chi connectivity index (χ0v) is 19.8. The second-order valence-corrected chi connectivity index (χ2v) is 7.94. The van der Waals surface area contributed by atoms with Crippen molar-refractivity contribution >= 4 is 35.9 Å². The van der Waals surface area contributed by atoms with Gasteiger partial charge in [0.2, 0.25) is 11.9 Å². The molecule has 2 heterocycles. The first-order valence-corrected chi connectivity index (χ1v) is 11.4. The summed E-state index contributed by atoms with van der Waals surface area (Å²) in [4.78, 5) is 70.6. The third kappa shape index (κ3) is 8.45. The van der Waals surface area contributed by atoms with Gasteiger partial charge < -0.3 is 30.7 Å². The molecule has 1 aliphatic heterocycles. The first-order chi connectivity index (χ1) is 17.8. The lowest BCUT2D eigenvalue weighted by Crippen LogP contribution is -2.50. The lowest BCUT2D eigenvalue weighted by molar-refractivity contribution is -0.139. The number of carbonyl (C=O) groups is 5. The Balaban J connectivity index is 1.39. The van der Waals surface area contributed by atoms with Crippen LogP contribution in [0.1, 0.15) is 12.0 Å². The molecule has 1 aliphatic rings. The molecular formula is C23H27N7O7. The number of hydrogen-bond donors (Lipinski definition) is 4. The highest BCUT2D eigenvalue weighted by Gasteiger charge is 2.36. The van der Waals surface area contributed by atoms with Crippen LogP contribution in [0.2, 0.25) is 0 Å². The SMILES string of the molecule is O=C(CN1C(=O)CN(CCCNc2ncccn2)C1=O)NCC(NC(=O)OCc1ccccc1)C(=O)O. The summed E-state index contributed by atoms with van der Waals surface area (Å²) in [6.45, 7) is -0.521. The molecule has 14 heteroatoms. The van der Waals surface area contributed by atoms with Gasteiger partial charge in [0.25, 0.3) is 5.91 Å². The highest BCUT2D eigenvalue weighted by atomic mass is 16.5. The first-order valence-electron chi connectivity index (χ1n) is 11.4. The maximum atomic E-state index is 12.5. The molecule has 1 unspecified atom stereocenters. The molecule has 37 heavy (non-hydrogen) atoms. The summed E-state index contributed by atoms with van der Waals surface area (Å²) in [6, 6.07) is 8.39. The van der Waals surface area contributed by atoms with Gasteiger partial charge in [-0.1, -0.05) is 30.3 Å². The number of nitrogens with one attached hydrogen (secondary N) is 3. The molecule has 1 atom stereocenters. The zero-order valence-electron chi connectivity index (χ0n) is 19.8. The first kappa shape index (κ1) is 26.8. The fraction of sp³-hybridized carbons (Fsp3) is 0.348. The van der Waals surface area contributed by atoms with Crippen molar-refractivity contribution in [1.29, 1.82) is 0 Å². The molecule has 1 aromatic heterocycles. The number of amides is 5. The molecule has 14 nitrogen and oxygen atoms in total. The van der Waals surface area contributed by atoms with Crippen LogP contribution in [0.3, 0.4) is 0 Å². The molecule has 1 saturated heterocycles. The number of benzene rings is 1. The molecule has 1 fully saturated rings. The number of ether oxygens (including phenoxy) is 1. The third-order valence-electron chi connectivity index (χ3n) is 5.19. The number of imide groups is 1. The van der Waals surface area contributed by atoms with E-state index in [0.717, 1.165) is 4.90 Å². The van der Waals surface area contributed by atoms with Gasteiger partial charge in [0.1, 0.15) is 25.7 Å². The number of carbonyl (C=O) groups excluding carboxylic acids is 4. The predicted octanol–water partition coefficient (Wildman–Crippen LogP) is 0.0386. The van der Waals surface area contributed by atoms with Gasteiger partial charge >= 0.3 is 18.1 Å². The van der Waals surface area contributed by atoms with Crippen LogP contribution >= 0.6 is 0 Å². The van der Waals surface area contributed by atoms with Crippen LogP contribution in [0, 0.1) is 0 Å². The highest BCUT2D eigenvalue weighted by Crippen LogP contribution is 2.10. The fourth-order valence-electron chi connectivity index (χ4n) is 3.31. The molecule has 2 aromatic rings. The average molecular weight is 514 g/mol. The molecule has 196 valence electrons. The van der Waals surface area contributed by atoms with Gasteiger partial charge in [0.05, 0.1) is 0 Å². The van der Waals surface area contributed by atoms with Crippen molar-refractivity contribution in [3.05, 3.63) is 54.4 Å². The van der Waals surface area contributed by atoms with Crippen LogP contribution in [0.4, 0.5) is 15.5 Å². The average Bonchev–Trinajstić information content (AvgIpc) is 3.16. The van der Waals surface area contributed by atoms with Crippen molar-refractivity contribution in [2.75, 3.05) is 38.0 Å². The maximum absolute atomic E-state index is 12.5. The molecule has 0 radical (unpaired) electrons. The lowest BCUT2D eigenvalue weighted by Gasteiger charge is -2.18. The van der Waals surface area contributed by atoms with E-state index in [1.165, 1.54) is 4.90 Å². The Morgan fingerprint density at radius 2 is 1.81 bits per heavy atom. The molecule has 4 N–H and O–H groups in total. The second-order valence-electron chi connectivity index (χ2n) is 7.94. The molecule has 0 saturated carbocycles. The molecule has 0 spiro atoms. The van der Waals surface area contributed by atoms with Gasteiger partial charge in [-0.3, -0.25) is 14.5 Å². The minimum Gasteiger partial charge on any atom is -0.480 e. The Morgan fingerprint density at radius 1 is 1.08 bits per heavy atom. The monoisotopic (exact) mass is 513 g/mol. The largest absolute Gasteiger partial charge is 0.480 e. The summed E-state index contributed by atoms with van der Waals surface area (Å²) < 4.78 is 4.99. The predicted molar refractivity (Wildman–Crippen MR) is 128 cm³/mol. The van der Waals surface area contributed by atoms with Crippen molar-refractivity contribution in [3.63, 3.8) is 0 Å². The quantitative estimate of drug-likeness (QED) is 0.211. The van der Waals surface area contributed by atoms with E-state index in [2.05, 4.69) is 25.9 Å². The molecule has 3 rings (SSSR count). The van der Waals surface area contributed by atoms with Gasteiger partial charge in [0.15, 0.2) is 0 Å². The van der Waals surface area contributed by atoms with E-state index < -0.39 is 49.0 Å². The van der Waals surface area contributed by atoms with E-state index in [0.29, 0.717) is 24.5 Å². The topological polar surface area (TPSA) is 183 Å². The Hall–Kier alpha value is -4.75. The van der Waals surface area contributed by atoms with Gasteiger partial charge in [-0.15, -0.1) is 0 Å². The lowest BCUT2D eigenvalue weighted by atomic mass is 10.2. The molecule has 5 amide bonds. The van der Waals surface area contributed by atoms with E-state index in [-0.39, 0.29) is 19.7 Å². The number of nitrogens with zero attached hydrogens (tertiary/aromatic N) is 4. The number of anilines is 1. The number of carboxylic acids is 1. The van der Waals surface area contributed by atoms with Gasteiger partial charge in [-0.05, 0) is 18.1 Å². The Kier molecular flexibility index (Phi) is 9.70. The molecule has 0 aliphatic carbocycles.